The van der Waals surface area contributed by atoms with Crippen LogP contribution in [0.2, 0.25) is 5.02 Å². The molecule has 114 valence electrons. The van der Waals surface area contributed by atoms with Crippen molar-refractivity contribution in [3.05, 3.63) is 34.9 Å². The predicted octanol–water partition coefficient (Wildman–Crippen LogP) is 2.76. The molecule has 2 rings (SSSR count). The number of aliphatic hydroxyl groups is 1. The molecular formula is C12H9ClF4N2O2. The van der Waals surface area contributed by atoms with Crippen LogP contribution in [0.3, 0.4) is 0 Å². The zero-order valence-corrected chi connectivity index (χ0v) is 11.1. The fourth-order valence-corrected chi connectivity index (χ4v) is 1.94. The van der Waals surface area contributed by atoms with Crippen LogP contribution < -0.4 is 0 Å². The van der Waals surface area contributed by atoms with Crippen LogP contribution >= 0.6 is 11.6 Å². The Kier molecular flexibility index (Phi) is 4.20. The molecule has 0 saturated heterocycles. The van der Waals surface area contributed by atoms with Gasteiger partial charge in [-0.15, -0.1) is 0 Å². The molecule has 0 unspecified atom stereocenters. The number of carbonyl (C=O) groups is 1. The summed E-state index contributed by atoms with van der Waals surface area (Å²) in [6, 6.07) is 5.08. The number of amides is 1. The van der Waals surface area contributed by atoms with Crippen molar-refractivity contribution in [2.24, 2.45) is 5.10 Å². The first-order chi connectivity index (χ1) is 9.75. The minimum atomic E-state index is -3.45. The van der Waals surface area contributed by atoms with Crippen molar-refractivity contribution in [3.63, 3.8) is 0 Å². The van der Waals surface area contributed by atoms with Gasteiger partial charge in [0.1, 0.15) is 5.71 Å². The molecule has 1 heterocycles. The number of carbonyl (C=O) groups excluding carboxylic acids is 1. The summed E-state index contributed by atoms with van der Waals surface area (Å²) in [5.74, 6) is -1.12. The summed E-state index contributed by atoms with van der Waals surface area (Å²) in [6.45, 7) is 0. The van der Waals surface area contributed by atoms with Gasteiger partial charge in [-0.25, -0.2) is 17.6 Å². The van der Waals surface area contributed by atoms with E-state index in [-0.39, 0.29) is 10.6 Å². The van der Waals surface area contributed by atoms with Gasteiger partial charge < -0.3 is 5.11 Å². The minimum absolute atomic E-state index is 0.00238. The second-order valence-corrected chi connectivity index (χ2v) is 4.81. The summed E-state index contributed by atoms with van der Waals surface area (Å²) in [5.41, 5.74) is -4.17. The molecule has 9 heteroatoms. The maximum Gasteiger partial charge on any atom is 0.287 e. The normalized spacial score (nSPS) is 22.1. The van der Waals surface area contributed by atoms with Gasteiger partial charge in [-0.05, 0) is 24.3 Å². The van der Waals surface area contributed by atoms with Crippen LogP contribution in [0, 0.1) is 0 Å². The van der Waals surface area contributed by atoms with E-state index in [2.05, 4.69) is 5.10 Å². The number of hydrazone groups is 1. The van der Waals surface area contributed by atoms with Crippen molar-refractivity contribution < 1.29 is 27.5 Å². The Morgan fingerprint density at radius 1 is 1.29 bits per heavy atom. The average molecular weight is 325 g/mol. The molecular weight excluding hydrogens is 316 g/mol. The SMILES string of the molecule is O=C(c1ccc(Cl)cc1)N1N=C(C(F)F)C[C@@]1(O)C(F)F. The number of rotatable bonds is 3. The Morgan fingerprint density at radius 3 is 2.33 bits per heavy atom. The highest BCUT2D eigenvalue weighted by Crippen LogP contribution is 2.34. The molecule has 1 amide bonds. The summed E-state index contributed by atoms with van der Waals surface area (Å²) >= 11 is 5.63. The lowest BCUT2D eigenvalue weighted by Gasteiger charge is -2.29. The largest absolute Gasteiger partial charge is 0.364 e. The van der Waals surface area contributed by atoms with E-state index in [0.717, 1.165) is 0 Å². The highest BCUT2D eigenvalue weighted by atomic mass is 35.5. The average Bonchev–Trinajstić information content (AvgIpc) is 2.78. The molecule has 0 aromatic heterocycles. The molecule has 0 radical (unpaired) electrons. The van der Waals surface area contributed by atoms with Crippen LogP contribution in [-0.4, -0.2) is 40.3 Å². The molecule has 1 atom stereocenters. The molecule has 21 heavy (non-hydrogen) atoms. The molecule has 1 aliphatic rings. The van der Waals surface area contributed by atoms with E-state index >= 15 is 0 Å². The second-order valence-electron chi connectivity index (χ2n) is 4.37. The number of benzene rings is 1. The van der Waals surface area contributed by atoms with Gasteiger partial charge in [0.25, 0.3) is 18.8 Å². The maximum atomic E-state index is 13.0. The molecule has 4 nitrogen and oxygen atoms in total. The van der Waals surface area contributed by atoms with Gasteiger partial charge in [0, 0.05) is 17.0 Å². The van der Waals surface area contributed by atoms with Crippen molar-refractivity contribution in [3.8, 4) is 0 Å². The second kappa shape index (κ2) is 5.61. The lowest BCUT2D eigenvalue weighted by molar-refractivity contribution is -0.164. The quantitative estimate of drug-likeness (QED) is 0.869. The minimum Gasteiger partial charge on any atom is -0.364 e. The Bertz CT molecular complexity index is 579. The van der Waals surface area contributed by atoms with Gasteiger partial charge in [0.05, 0.1) is 0 Å². The number of alkyl halides is 4. The lowest BCUT2D eigenvalue weighted by atomic mass is 10.1. The molecule has 0 saturated carbocycles. The van der Waals surface area contributed by atoms with Crippen molar-refractivity contribution >= 4 is 23.2 Å². The topological polar surface area (TPSA) is 52.9 Å². The van der Waals surface area contributed by atoms with E-state index in [4.69, 9.17) is 11.6 Å². The van der Waals surface area contributed by atoms with E-state index < -0.39 is 36.6 Å². The summed E-state index contributed by atoms with van der Waals surface area (Å²) in [6.07, 6.45) is -7.70. The smallest absolute Gasteiger partial charge is 0.287 e. The molecule has 0 aliphatic carbocycles. The van der Waals surface area contributed by atoms with Crippen LogP contribution in [-0.2, 0) is 0 Å². The fourth-order valence-electron chi connectivity index (χ4n) is 1.82. The molecule has 0 fully saturated rings. The van der Waals surface area contributed by atoms with Crippen LogP contribution in [0.4, 0.5) is 17.6 Å². The third-order valence-corrected chi connectivity index (χ3v) is 3.17. The van der Waals surface area contributed by atoms with Crippen molar-refractivity contribution in [2.75, 3.05) is 0 Å². The number of hydrogen-bond donors (Lipinski definition) is 1. The summed E-state index contributed by atoms with van der Waals surface area (Å²) < 4.78 is 51.1. The van der Waals surface area contributed by atoms with Crippen molar-refractivity contribution in [1.82, 2.24) is 5.01 Å². The molecule has 1 aliphatic heterocycles. The third kappa shape index (κ3) is 2.86. The van der Waals surface area contributed by atoms with E-state index in [1.807, 2.05) is 0 Å². The summed E-state index contributed by atoms with van der Waals surface area (Å²) in [7, 11) is 0. The van der Waals surface area contributed by atoms with Gasteiger partial charge in [-0.1, -0.05) is 11.6 Å². The lowest BCUT2D eigenvalue weighted by Crippen LogP contribution is -2.51. The number of halogens is 5. The van der Waals surface area contributed by atoms with Crippen molar-refractivity contribution in [1.29, 1.82) is 0 Å². The van der Waals surface area contributed by atoms with Gasteiger partial charge >= 0.3 is 0 Å². The molecule has 1 aromatic rings. The van der Waals surface area contributed by atoms with Crippen LogP contribution in [0.1, 0.15) is 16.8 Å². The highest BCUT2D eigenvalue weighted by molar-refractivity contribution is 6.30. The Labute approximate surface area is 121 Å². The van der Waals surface area contributed by atoms with E-state index in [9.17, 15) is 27.5 Å². The van der Waals surface area contributed by atoms with Gasteiger partial charge in [0.2, 0.25) is 5.72 Å². The van der Waals surface area contributed by atoms with Crippen molar-refractivity contribution in [2.45, 2.75) is 25.0 Å². The highest BCUT2D eigenvalue weighted by Gasteiger charge is 2.53. The van der Waals surface area contributed by atoms with E-state index in [0.29, 0.717) is 5.02 Å². The Hall–Kier alpha value is -1.67. The number of hydrogen-bond acceptors (Lipinski definition) is 3. The molecule has 1 aromatic carbocycles. The van der Waals surface area contributed by atoms with Gasteiger partial charge in [0.15, 0.2) is 0 Å². The van der Waals surface area contributed by atoms with Crippen LogP contribution in [0.25, 0.3) is 0 Å². The van der Waals surface area contributed by atoms with Crippen LogP contribution in [0.15, 0.2) is 29.4 Å². The Morgan fingerprint density at radius 2 is 1.86 bits per heavy atom. The first kappa shape index (κ1) is 15.7. The van der Waals surface area contributed by atoms with E-state index in [1.165, 1.54) is 24.3 Å². The summed E-state index contributed by atoms with van der Waals surface area (Å²) in [5, 5.41) is 13.3. The van der Waals surface area contributed by atoms with Gasteiger partial charge in [-0.3, -0.25) is 4.79 Å². The monoisotopic (exact) mass is 324 g/mol. The van der Waals surface area contributed by atoms with E-state index in [1.54, 1.807) is 0 Å². The van der Waals surface area contributed by atoms with Crippen LogP contribution in [0.5, 0.6) is 0 Å². The maximum absolute atomic E-state index is 13.0. The standard InChI is InChI=1S/C12H9ClF4N2O2/c13-7-3-1-6(2-4-7)10(20)19-12(21,11(16)17)5-8(18-19)9(14)15/h1-4,9,11,21H,5H2/t12-/m1/s1. The fraction of sp³-hybridized carbons (Fsp3) is 0.333. The first-order valence-corrected chi connectivity index (χ1v) is 6.09. The zero-order chi connectivity index (χ0) is 15.8. The van der Waals surface area contributed by atoms with Gasteiger partial charge in [-0.2, -0.15) is 10.1 Å². The first-order valence-electron chi connectivity index (χ1n) is 5.72. The Balaban J connectivity index is 2.38. The number of nitrogens with zero attached hydrogens (tertiary/aromatic N) is 2. The third-order valence-electron chi connectivity index (χ3n) is 2.92. The predicted molar refractivity (Wildman–Crippen MR) is 66.6 cm³/mol. The molecule has 0 bridgehead atoms. The summed E-state index contributed by atoms with van der Waals surface area (Å²) in [4.78, 5) is 12.1. The molecule has 1 N–H and O–H groups in total. The molecule has 0 spiro atoms. The zero-order valence-electron chi connectivity index (χ0n) is 10.3.